The highest BCUT2D eigenvalue weighted by Crippen LogP contribution is 2.32. The van der Waals surface area contributed by atoms with Crippen LogP contribution < -0.4 is 10.6 Å². The molecule has 0 spiro atoms. The van der Waals surface area contributed by atoms with Gasteiger partial charge in [0.1, 0.15) is 18.0 Å². The van der Waals surface area contributed by atoms with Gasteiger partial charge in [0, 0.05) is 18.7 Å². The molecule has 1 aromatic rings. The Labute approximate surface area is 116 Å². The number of rotatable bonds is 4. The zero-order chi connectivity index (χ0) is 13.8. The third kappa shape index (κ3) is 2.99. The highest BCUT2D eigenvalue weighted by atomic mass is 15.1. The minimum atomic E-state index is 0.536. The SMILES string of the molecule is CCc1c(NC)ncnc1NC1CCCC(C)C1C. The summed E-state index contributed by atoms with van der Waals surface area (Å²) in [6.07, 6.45) is 6.49. The molecule has 1 aliphatic carbocycles. The molecule has 3 atom stereocenters. The van der Waals surface area contributed by atoms with Crippen molar-refractivity contribution in [2.75, 3.05) is 17.7 Å². The highest BCUT2D eigenvalue weighted by molar-refractivity contribution is 5.57. The van der Waals surface area contributed by atoms with Crippen LogP contribution in [0.3, 0.4) is 0 Å². The van der Waals surface area contributed by atoms with E-state index < -0.39 is 0 Å². The summed E-state index contributed by atoms with van der Waals surface area (Å²) in [5, 5.41) is 6.82. The third-order valence-electron chi connectivity index (χ3n) is 4.56. The van der Waals surface area contributed by atoms with Crippen molar-refractivity contribution in [3.8, 4) is 0 Å². The molecule has 0 bridgehead atoms. The van der Waals surface area contributed by atoms with E-state index in [0.29, 0.717) is 12.0 Å². The van der Waals surface area contributed by atoms with E-state index in [1.54, 1.807) is 6.33 Å². The Kier molecular flexibility index (Phi) is 4.61. The fourth-order valence-electron chi connectivity index (χ4n) is 3.05. The summed E-state index contributed by atoms with van der Waals surface area (Å²) in [7, 11) is 1.91. The number of anilines is 2. The lowest BCUT2D eigenvalue weighted by Crippen LogP contribution is -2.35. The summed E-state index contributed by atoms with van der Waals surface area (Å²) in [6, 6.07) is 0.536. The maximum atomic E-state index is 4.45. The Balaban J connectivity index is 2.18. The zero-order valence-electron chi connectivity index (χ0n) is 12.5. The van der Waals surface area contributed by atoms with Crippen LogP contribution in [0.2, 0.25) is 0 Å². The molecule has 0 radical (unpaired) electrons. The standard InChI is InChI=1S/C15H26N4/c1-5-12-14(16-4)17-9-18-15(12)19-13-8-6-7-10(2)11(13)3/h9-11,13H,5-8H2,1-4H3,(H2,16,17,18,19). The van der Waals surface area contributed by atoms with Gasteiger partial charge in [-0.2, -0.15) is 0 Å². The first kappa shape index (κ1) is 14.1. The lowest BCUT2D eigenvalue weighted by molar-refractivity contribution is 0.253. The molecule has 1 saturated carbocycles. The van der Waals surface area contributed by atoms with Gasteiger partial charge in [0.05, 0.1) is 0 Å². The van der Waals surface area contributed by atoms with Crippen LogP contribution in [0.4, 0.5) is 11.6 Å². The van der Waals surface area contributed by atoms with E-state index >= 15 is 0 Å². The molecule has 3 unspecified atom stereocenters. The average molecular weight is 262 g/mol. The molecule has 1 aromatic heterocycles. The molecular formula is C15H26N4. The first-order chi connectivity index (χ1) is 9.17. The van der Waals surface area contributed by atoms with Crippen molar-refractivity contribution in [2.24, 2.45) is 11.8 Å². The second kappa shape index (κ2) is 6.22. The highest BCUT2D eigenvalue weighted by Gasteiger charge is 2.27. The molecule has 4 heteroatoms. The number of aromatic nitrogens is 2. The van der Waals surface area contributed by atoms with Gasteiger partial charge in [-0.15, -0.1) is 0 Å². The van der Waals surface area contributed by atoms with Gasteiger partial charge in [-0.05, 0) is 24.7 Å². The van der Waals surface area contributed by atoms with Crippen molar-refractivity contribution in [1.29, 1.82) is 0 Å². The maximum Gasteiger partial charge on any atom is 0.134 e. The van der Waals surface area contributed by atoms with Crippen molar-refractivity contribution in [3.63, 3.8) is 0 Å². The second-order valence-corrected chi connectivity index (χ2v) is 5.67. The minimum absolute atomic E-state index is 0.536. The van der Waals surface area contributed by atoms with E-state index in [1.807, 2.05) is 7.05 Å². The molecule has 19 heavy (non-hydrogen) atoms. The Morgan fingerprint density at radius 3 is 2.63 bits per heavy atom. The summed E-state index contributed by atoms with van der Waals surface area (Å²) >= 11 is 0. The van der Waals surface area contributed by atoms with Crippen LogP contribution in [0.1, 0.15) is 45.6 Å². The van der Waals surface area contributed by atoms with Crippen LogP contribution >= 0.6 is 0 Å². The molecule has 0 saturated heterocycles. The molecule has 2 rings (SSSR count). The number of hydrogen-bond acceptors (Lipinski definition) is 4. The quantitative estimate of drug-likeness (QED) is 0.874. The lowest BCUT2D eigenvalue weighted by atomic mass is 9.78. The fraction of sp³-hybridized carbons (Fsp3) is 0.733. The smallest absolute Gasteiger partial charge is 0.134 e. The molecule has 0 amide bonds. The molecule has 106 valence electrons. The summed E-state index contributed by atoms with van der Waals surface area (Å²) in [5.41, 5.74) is 1.19. The van der Waals surface area contributed by atoms with E-state index in [0.717, 1.165) is 24.0 Å². The topological polar surface area (TPSA) is 49.8 Å². The van der Waals surface area contributed by atoms with Crippen LogP contribution in [0, 0.1) is 11.8 Å². The van der Waals surface area contributed by atoms with Crippen LogP contribution in [0.25, 0.3) is 0 Å². The maximum absolute atomic E-state index is 4.45. The Bertz CT molecular complexity index is 419. The van der Waals surface area contributed by atoms with Crippen LogP contribution in [0.15, 0.2) is 6.33 Å². The van der Waals surface area contributed by atoms with Crippen molar-refractivity contribution >= 4 is 11.6 Å². The van der Waals surface area contributed by atoms with Gasteiger partial charge >= 0.3 is 0 Å². The average Bonchev–Trinajstić information content (AvgIpc) is 2.43. The number of nitrogens with zero attached hydrogens (tertiary/aromatic N) is 2. The normalized spacial score (nSPS) is 27.1. The van der Waals surface area contributed by atoms with Crippen LogP contribution in [-0.2, 0) is 6.42 Å². The Morgan fingerprint density at radius 2 is 1.95 bits per heavy atom. The lowest BCUT2D eigenvalue weighted by Gasteiger charge is -2.35. The molecule has 0 aliphatic heterocycles. The van der Waals surface area contributed by atoms with Gasteiger partial charge < -0.3 is 10.6 Å². The molecule has 0 aromatic carbocycles. The van der Waals surface area contributed by atoms with E-state index in [4.69, 9.17) is 0 Å². The Morgan fingerprint density at radius 1 is 1.21 bits per heavy atom. The molecule has 4 nitrogen and oxygen atoms in total. The molecule has 1 aliphatic rings. The van der Waals surface area contributed by atoms with E-state index in [1.165, 1.54) is 24.8 Å². The largest absolute Gasteiger partial charge is 0.373 e. The van der Waals surface area contributed by atoms with Crippen molar-refractivity contribution < 1.29 is 0 Å². The molecule has 2 N–H and O–H groups in total. The molecule has 1 fully saturated rings. The Hall–Kier alpha value is -1.32. The summed E-state index contributed by atoms with van der Waals surface area (Å²) in [5.74, 6) is 3.44. The minimum Gasteiger partial charge on any atom is -0.373 e. The number of hydrogen-bond donors (Lipinski definition) is 2. The van der Waals surface area contributed by atoms with Gasteiger partial charge in [-0.25, -0.2) is 9.97 Å². The van der Waals surface area contributed by atoms with E-state index in [-0.39, 0.29) is 0 Å². The summed E-state index contributed by atoms with van der Waals surface area (Å²) < 4.78 is 0. The van der Waals surface area contributed by atoms with Gasteiger partial charge in [0.15, 0.2) is 0 Å². The van der Waals surface area contributed by atoms with Gasteiger partial charge in [-0.3, -0.25) is 0 Å². The predicted octanol–water partition coefficient (Wildman–Crippen LogP) is 3.32. The zero-order valence-corrected chi connectivity index (χ0v) is 12.5. The monoisotopic (exact) mass is 262 g/mol. The molecular weight excluding hydrogens is 236 g/mol. The van der Waals surface area contributed by atoms with Crippen molar-refractivity contribution in [3.05, 3.63) is 11.9 Å². The molecule has 1 heterocycles. The first-order valence-electron chi connectivity index (χ1n) is 7.45. The fourth-order valence-corrected chi connectivity index (χ4v) is 3.05. The van der Waals surface area contributed by atoms with Gasteiger partial charge in [0.25, 0.3) is 0 Å². The van der Waals surface area contributed by atoms with Crippen LogP contribution in [0.5, 0.6) is 0 Å². The van der Waals surface area contributed by atoms with Gasteiger partial charge in [-0.1, -0.05) is 33.6 Å². The van der Waals surface area contributed by atoms with Crippen molar-refractivity contribution in [1.82, 2.24) is 9.97 Å². The van der Waals surface area contributed by atoms with Crippen LogP contribution in [-0.4, -0.2) is 23.1 Å². The van der Waals surface area contributed by atoms with E-state index in [9.17, 15) is 0 Å². The first-order valence-corrected chi connectivity index (χ1v) is 7.45. The third-order valence-corrected chi connectivity index (χ3v) is 4.56. The second-order valence-electron chi connectivity index (χ2n) is 5.67. The summed E-state index contributed by atoms with van der Waals surface area (Å²) in [6.45, 7) is 6.86. The van der Waals surface area contributed by atoms with Crippen molar-refractivity contribution in [2.45, 2.75) is 52.5 Å². The summed E-state index contributed by atoms with van der Waals surface area (Å²) in [4.78, 5) is 8.74. The predicted molar refractivity (Wildman–Crippen MR) is 80.5 cm³/mol. The van der Waals surface area contributed by atoms with E-state index in [2.05, 4.69) is 41.4 Å². The van der Waals surface area contributed by atoms with Gasteiger partial charge in [0.2, 0.25) is 0 Å². The number of nitrogens with one attached hydrogen (secondary N) is 2.